The molecule has 14 heteroatoms. The van der Waals surface area contributed by atoms with Crippen LogP contribution in [0.1, 0.15) is 63.3 Å². The second-order valence-corrected chi connectivity index (χ2v) is 13.4. The number of ether oxygens (including phenoxy) is 2. The van der Waals surface area contributed by atoms with Crippen LogP contribution in [0.5, 0.6) is 0 Å². The molecule has 0 aliphatic carbocycles. The number of aromatic nitrogens is 4. The number of carbonyl (C=O) groups excluding carboxylic acids is 4. The first-order valence-corrected chi connectivity index (χ1v) is 17.5. The SMILES string of the molecule is COC(=O)N[C@@H](C)C(=O)N1CCC[C@H]1c1nc2ccc(-c3ccc(-c4ccc5nc([C@@H]6CCCN6C(=O)[C@H](C)NC(=O)OC)[nH]c5c4)cc3)cc2[nH]1. The van der Waals surface area contributed by atoms with Gasteiger partial charge >= 0.3 is 12.2 Å². The number of hydrogen-bond acceptors (Lipinski definition) is 8. The second kappa shape index (κ2) is 14.4. The Morgan fingerprint density at radius 1 is 0.654 bits per heavy atom. The van der Waals surface area contributed by atoms with E-state index in [0.29, 0.717) is 13.1 Å². The molecule has 0 saturated carbocycles. The summed E-state index contributed by atoms with van der Waals surface area (Å²) < 4.78 is 9.31. The van der Waals surface area contributed by atoms with Gasteiger partial charge in [0, 0.05) is 13.1 Å². The number of hydrogen-bond donors (Lipinski definition) is 4. The van der Waals surface area contributed by atoms with Gasteiger partial charge in [-0.05, 0) is 86.1 Å². The van der Waals surface area contributed by atoms with Crippen molar-refractivity contribution in [3.8, 4) is 22.3 Å². The molecule has 4 heterocycles. The lowest BCUT2D eigenvalue weighted by atomic mass is 10.00. The summed E-state index contributed by atoms with van der Waals surface area (Å²) in [6, 6.07) is 18.8. The molecule has 0 bridgehead atoms. The summed E-state index contributed by atoms with van der Waals surface area (Å²) in [6.45, 7) is 4.50. The maximum absolute atomic E-state index is 13.2. The molecule has 0 unspecified atom stereocenters. The van der Waals surface area contributed by atoms with Crippen molar-refractivity contribution >= 4 is 46.1 Å². The Morgan fingerprint density at radius 2 is 1.04 bits per heavy atom. The van der Waals surface area contributed by atoms with Crippen molar-refractivity contribution in [3.63, 3.8) is 0 Å². The Kier molecular flexibility index (Phi) is 9.54. The molecule has 52 heavy (non-hydrogen) atoms. The third-order valence-corrected chi connectivity index (χ3v) is 10.0. The van der Waals surface area contributed by atoms with E-state index in [1.54, 1.807) is 23.6 Å². The van der Waals surface area contributed by atoms with Gasteiger partial charge in [-0.3, -0.25) is 9.59 Å². The zero-order chi connectivity index (χ0) is 36.5. The highest BCUT2D eigenvalue weighted by Crippen LogP contribution is 2.35. The molecule has 5 aromatic rings. The highest BCUT2D eigenvalue weighted by atomic mass is 16.5. The molecule has 0 radical (unpaired) electrons. The first-order chi connectivity index (χ1) is 25.1. The largest absolute Gasteiger partial charge is 0.453 e. The van der Waals surface area contributed by atoms with E-state index in [4.69, 9.17) is 9.97 Å². The van der Waals surface area contributed by atoms with Crippen LogP contribution >= 0.6 is 0 Å². The number of rotatable bonds is 8. The maximum Gasteiger partial charge on any atom is 0.407 e. The van der Waals surface area contributed by atoms with Crippen molar-refractivity contribution in [3.05, 3.63) is 72.3 Å². The van der Waals surface area contributed by atoms with Crippen LogP contribution < -0.4 is 10.6 Å². The van der Waals surface area contributed by atoms with E-state index in [2.05, 4.69) is 66.5 Å². The molecule has 2 aromatic heterocycles. The summed E-state index contributed by atoms with van der Waals surface area (Å²) in [5.41, 5.74) is 7.57. The minimum absolute atomic E-state index is 0.172. The quantitative estimate of drug-likeness (QED) is 0.162. The molecule has 0 spiro atoms. The molecule has 2 saturated heterocycles. The lowest BCUT2D eigenvalue weighted by Gasteiger charge is -2.26. The molecule has 14 nitrogen and oxygen atoms in total. The first-order valence-electron chi connectivity index (χ1n) is 17.5. The molecule has 2 aliphatic rings. The number of H-pyrrole nitrogens is 2. The number of imidazole rings is 2. The fourth-order valence-electron chi connectivity index (χ4n) is 7.31. The molecular weight excluding hydrogens is 664 g/mol. The van der Waals surface area contributed by atoms with Crippen LogP contribution in [0.3, 0.4) is 0 Å². The van der Waals surface area contributed by atoms with E-state index in [1.807, 2.05) is 24.3 Å². The van der Waals surface area contributed by atoms with Crippen LogP contribution in [-0.4, -0.2) is 93.1 Å². The van der Waals surface area contributed by atoms with E-state index in [1.165, 1.54) is 14.2 Å². The van der Waals surface area contributed by atoms with Crippen molar-refractivity contribution in [2.24, 2.45) is 0 Å². The van der Waals surface area contributed by atoms with Crippen molar-refractivity contribution < 1.29 is 28.7 Å². The fraction of sp³-hybridized carbons (Fsp3) is 0.368. The van der Waals surface area contributed by atoms with Crippen LogP contribution in [0.2, 0.25) is 0 Å². The number of aromatic amines is 2. The standard InChI is InChI=1S/C38H42N8O6/c1-21(39-37(49)51-3)35(47)45-17-5-7-31(45)33-41-27-15-13-25(19-29(27)43-33)23-9-11-24(12-10-23)26-14-16-28-30(20-26)44-34(42-28)32-8-6-18-46(32)36(48)22(2)40-38(50)52-4/h9-16,19-22,31-32H,5-8,17-18H2,1-4H3,(H,39,49)(H,40,50)(H,41,43)(H,42,44)/t21-,22-,31-,32-/m0/s1. The van der Waals surface area contributed by atoms with Crippen molar-refractivity contribution in [2.75, 3.05) is 27.3 Å². The Hall–Kier alpha value is -5.92. The number of nitrogens with one attached hydrogen (secondary N) is 4. The van der Waals surface area contributed by atoms with Gasteiger partial charge in [0.1, 0.15) is 23.7 Å². The molecule has 4 atom stereocenters. The van der Waals surface area contributed by atoms with Gasteiger partial charge in [0.15, 0.2) is 0 Å². The van der Waals surface area contributed by atoms with Gasteiger partial charge in [0.2, 0.25) is 11.8 Å². The van der Waals surface area contributed by atoms with Gasteiger partial charge < -0.3 is 39.9 Å². The Morgan fingerprint density at radius 3 is 1.42 bits per heavy atom. The average molecular weight is 707 g/mol. The van der Waals surface area contributed by atoms with E-state index in [9.17, 15) is 19.2 Å². The highest BCUT2D eigenvalue weighted by Gasteiger charge is 2.36. The van der Waals surface area contributed by atoms with Crippen LogP contribution in [-0.2, 0) is 19.1 Å². The predicted molar refractivity (Wildman–Crippen MR) is 194 cm³/mol. The van der Waals surface area contributed by atoms with Crippen molar-refractivity contribution in [1.82, 2.24) is 40.4 Å². The molecule has 3 aromatic carbocycles. The first kappa shape index (κ1) is 34.5. The zero-order valence-corrected chi connectivity index (χ0v) is 29.6. The van der Waals surface area contributed by atoms with Crippen molar-refractivity contribution in [2.45, 2.75) is 63.7 Å². The van der Waals surface area contributed by atoms with E-state index in [0.717, 1.165) is 81.7 Å². The zero-order valence-electron chi connectivity index (χ0n) is 29.6. The van der Waals surface area contributed by atoms with Gasteiger partial charge in [-0.15, -0.1) is 0 Å². The number of carbonyl (C=O) groups is 4. The summed E-state index contributed by atoms with van der Waals surface area (Å²) in [4.78, 5) is 69.8. The molecular formula is C38H42N8O6. The Bertz CT molecular complexity index is 1990. The lowest BCUT2D eigenvalue weighted by Crippen LogP contribution is -2.46. The monoisotopic (exact) mass is 706 g/mol. The van der Waals surface area contributed by atoms with Gasteiger partial charge in [0.25, 0.3) is 0 Å². The number of methoxy groups -OCH3 is 2. The molecule has 4 N–H and O–H groups in total. The summed E-state index contributed by atoms with van der Waals surface area (Å²) in [6.07, 6.45) is 1.98. The summed E-state index contributed by atoms with van der Waals surface area (Å²) in [7, 11) is 2.54. The predicted octanol–water partition coefficient (Wildman–Crippen LogP) is 5.59. The Labute approximate surface area is 300 Å². The van der Waals surface area contributed by atoms with Gasteiger partial charge in [0.05, 0.1) is 48.4 Å². The van der Waals surface area contributed by atoms with E-state index in [-0.39, 0.29) is 23.9 Å². The maximum atomic E-state index is 13.2. The third kappa shape index (κ3) is 6.75. The molecule has 2 aliphatic heterocycles. The molecule has 4 amide bonds. The number of fused-ring (bicyclic) bond motifs is 2. The van der Waals surface area contributed by atoms with Gasteiger partial charge in [-0.25, -0.2) is 19.6 Å². The molecule has 2 fully saturated rings. The highest BCUT2D eigenvalue weighted by molar-refractivity contribution is 5.88. The number of likely N-dealkylation sites (tertiary alicyclic amines) is 2. The van der Waals surface area contributed by atoms with Crippen LogP contribution in [0.4, 0.5) is 9.59 Å². The third-order valence-electron chi connectivity index (χ3n) is 10.0. The van der Waals surface area contributed by atoms with Crippen LogP contribution in [0.15, 0.2) is 60.7 Å². The average Bonchev–Trinajstić information content (AvgIpc) is 3.98. The van der Waals surface area contributed by atoms with Gasteiger partial charge in [-0.1, -0.05) is 36.4 Å². The topological polar surface area (TPSA) is 175 Å². The summed E-state index contributed by atoms with van der Waals surface area (Å²) in [5.74, 6) is 1.12. The number of amides is 4. The number of nitrogens with zero attached hydrogens (tertiary/aromatic N) is 4. The normalized spacial score (nSPS) is 18.4. The van der Waals surface area contributed by atoms with Crippen LogP contribution in [0, 0.1) is 0 Å². The minimum atomic E-state index is -0.709. The molecule has 270 valence electrons. The van der Waals surface area contributed by atoms with E-state index < -0.39 is 24.3 Å². The number of alkyl carbamates (subject to hydrolysis) is 2. The Balaban J connectivity index is 1.06. The minimum Gasteiger partial charge on any atom is -0.453 e. The summed E-state index contributed by atoms with van der Waals surface area (Å²) in [5, 5.41) is 5.13. The second-order valence-electron chi connectivity index (χ2n) is 13.4. The van der Waals surface area contributed by atoms with E-state index >= 15 is 0 Å². The van der Waals surface area contributed by atoms with Crippen molar-refractivity contribution in [1.29, 1.82) is 0 Å². The van der Waals surface area contributed by atoms with Gasteiger partial charge in [-0.2, -0.15) is 0 Å². The number of benzene rings is 3. The lowest BCUT2D eigenvalue weighted by molar-refractivity contribution is -0.134. The van der Waals surface area contributed by atoms with Crippen LogP contribution in [0.25, 0.3) is 44.3 Å². The molecule has 7 rings (SSSR count). The smallest absolute Gasteiger partial charge is 0.407 e. The fourth-order valence-corrected chi connectivity index (χ4v) is 7.31. The summed E-state index contributed by atoms with van der Waals surface area (Å²) >= 11 is 0.